The van der Waals surface area contributed by atoms with Gasteiger partial charge in [0.1, 0.15) is 13.2 Å². The summed E-state index contributed by atoms with van der Waals surface area (Å²) in [4.78, 5) is 26.1. The van der Waals surface area contributed by atoms with Gasteiger partial charge in [0.05, 0.1) is 6.54 Å². The van der Waals surface area contributed by atoms with E-state index in [1.165, 1.54) is 0 Å². The highest BCUT2D eigenvalue weighted by molar-refractivity contribution is 5.93. The number of anilines is 2. The molecule has 2 aromatic carbocycles. The van der Waals surface area contributed by atoms with Crippen LogP contribution in [0.2, 0.25) is 0 Å². The van der Waals surface area contributed by atoms with Gasteiger partial charge in [-0.15, -0.1) is 0 Å². The third-order valence-corrected chi connectivity index (χ3v) is 5.53. The van der Waals surface area contributed by atoms with Crippen LogP contribution in [0.1, 0.15) is 38.7 Å². The number of carbonyl (C=O) groups is 2. The molecule has 166 valence electrons. The predicted octanol–water partition coefficient (Wildman–Crippen LogP) is 2.45. The number of nitrogens with one attached hydrogen (secondary N) is 3. The number of benzene rings is 2. The highest BCUT2D eigenvalue weighted by Crippen LogP contribution is 2.32. The minimum absolute atomic E-state index is 0.0975. The Kier molecular flexibility index (Phi) is 7.89. The van der Waals surface area contributed by atoms with E-state index < -0.39 is 0 Å². The van der Waals surface area contributed by atoms with Crippen molar-refractivity contribution in [1.29, 1.82) is 0 Å². The zero-order valence-corrected chi connectivity index (χ0v) is 18.5. The molecule has 3 N–H and O–H groups in total. The summed E-state index contributed by atoms with van der Waals surface area (Å²) in [5.74, 6) is 1.42. The maximum atomic E-state index is 12.7. The first-order valence-electron chi connectivity index (χ1n) is 10.9. The number of hydrogen-bond acceptors (Lipinski definition) is 4. The Morgan fingerprint density at radius 3 is 2.35 bits per heavy atom. The third-order valence-electron chi connectivity index (χ3n) is 5.53. The minimum atomic E-state index is -0.152. The van der Waals surface area contributed by atoms with Crippen molar-refractivity contribution in [1.82, 2.24) is 0 Å². The highest BCUT2D eigenvalue weighted by Gasteiger charge is 2.19. The molecular formula is C24H32N3O4+. The summed E-state index contributed by atoms with van der Waals surface area (Å²) in [6.07, 6.45) is 0.999. The van der Waals surface area contributed by atoms with E-state index in [0.29, 0.717) is 42.9 Å². The van der Waals surface area contributed by atoms with Crippen LogP contribution in [0.15, 0.2) is 42.5 Å². The topological polar surface area (TPSA) is 81.1 Å². The summed E-state index contributed by atoms with van der Waals surface area (Å²) >= 11 is 0. The lowest BCUT2D eigenvalue weighted by atomic mass is 9.97. The van der Waals surface area contributed by atoms with Crippen LogP contribution in [0.25, 0.3) is 0 Å². The average molecular weight is 427 g/mol. The van der Waals surface area contributed by atoms with E-state index in [4.69, 9.17) is 9.47 Å². The molecule has 0 aromatic heterocycles. The fourth-order valence-electron chi connectivity index (χ4n) is 3.55. The Morgan fingerprint density at radius 2 is 1.65 bits per heavy atom. The summed E-state index contributed by atoms with van der Waals surface area (Å²) in [6.45, 7) is 8.35. The molecule has 2 aromatic rings. The van der Waals surface area contributed by atoms with E-state index in [1.807, 2.05) is 25.1 Å². The number of likely N-dealkylation sites (N-methyl/N-ethyl adjacent to an activating group) is 1. The third kappa shape index (κ3) is 6.21. The summed E-state index contributed by atoms with van der Waals surface area (Å²) < 4.78 is 11.1. The summed E-state index contributed by atoms with van der Waals surface area (Å²) in [7, 11) is 0. The summed E-state index contributed by atoms with van der Waals surface area (Å²) in [5.41, 5.74) is 2.63. The lowest BCUT2D eigenvalue weighted by molar-refractivity contribution is -0.881. The maximum Gasteiger partial charge on any atom is 0.279 e. The monoisotopic (exact) mass is 426 g/mol. The van der Waals surface area contributed by atoms with Crippen LogP contribution < -0.4 is 25.0 Å². The van der Waals surface area contributed by atoms with Crippen molar-refractivity contribution in [3.63, 3.8) is 0 Å². The first kappa shape index (κ1) is 22.6. The molecule has 0 radical (unpaired) electrons. The second kappa shape index (κ2) is 10.8. The Bertz CT molecular complexity index is 915. The van der Waals surface area contributed by atoms with Crippen molar-refractivity contribution in [2.45, 2.75) is 33.1 Å². The molecule has 0 fully saturated rings. The van der Waals surface area contributed by atoms with Crippen molar-refractivity contribution < 1.29 is 24.0 Å². The highest BCUT2D eigenvalue weighted by atomic mass is 16.6. The second-order valence-electron chi connectivity index (χ2n) is 7.81. The van der Waals surface area contributed by atoms with Crippen molar-refractivity contribution in [3.8, 4) is 11.5 Å². The molecule has 2 amide bonds. The van der Waals surface area contributed by atoms with Gasteiger partial charge in [0, 0.05) is 17.4 Å². The van der Waals surface area contributed by atoms with Crippen LogP contribution in [-0.2, 0) is 9.59 Å². The fourth-order valence-corrected chi connectivity index (χ4v) is 3.55. The number of carbonyl (C=O) groups excluding carboxylic acids is 2. The molecule has 2 atom stereocenters. The van der Waals surface area contributed by atoms with Gasteiger partial charge in [0.15, 0.2) is 24.6 Å². The largest absolute Gasteiger partial charge is 0.486 e. The van der Waals surface area contributed by atoms with E-state index in [0.717, 1.165) is 22.6 Å². The van der Waals surface area contributed by atoms with Crippen molar-refractivity contribution in [3.05, 3.63) is 48.0 Å². The van der Waals surface area contributed by atoms with Gasteiger partial charge in [-0.2, -0.15) is 0 Å². The van der Waals surface area contributed by atoms with Crippen LogP contribution in [0.3, 0.4) is 0 Å². The first-order chi connectivity index (χ1) is 15.0. The molecule has 7 nitrogen and oxygen atoms in total. The SMILES string of the molecule is CC[C@H](C)c1ccccc1NC(=O)C[NH+](CC)CC(=O)Nc1ccc2c(c1)OCCO2. The Labute approximate surface area is 183 Å². The van der Waals surface area contributed by atoms with Crippen LogP contribution in [0, 0.1) is 0 Å². The van der Waals surface area contributed by atoms with Gasteiger partial charge in [-0.1, -0.05) is 32.0 Å². The van der Waals surface area contributed by atoms with Crippen LogP contribution in [0.4, 0.5) is 11.4 Å². The van der Waals surface area contributed by atoms with E-state index in [-0.39, 0.29) is 24.9 Å². The Balaban J connectivity index is 1.55. The standard InChI is InChI=1S/C24H31N3O4/c1-4-17(3)19-8-6-7-9-20(19)26-24(29)16-27(5-2)15-23(28)25-18-10-11-21-22(14-18)31-13-12-30-21/h6-11,14,17H,4-5,12-13,15-16H2,1-3H3,(H,25,28)(H,26,29)/p+1/t17-/m0/s1. The minimum Gasteiger partial charge on any atom is -0.486 e. The molecule has 1 heterocycles. The predicted molar refractivity (Wildman–Crippen MR) is 121 cm³/mol. The van der Waals surface area contributed by atoms with Crippen LogP contribution >= 0.6 is 0 Å². The Morgan fingerprint density at radius 1 is 0.968 bits per heavy atom. The number of fused-ring (bicyclic) bond motifs is 1. The van der Waals surface area contributed by atoms with Gasteiger partial charge in [0.2, 0.25) is 0 Å². The molecule has 7 heteroatoms. The molecular weight excluding hydrogens is 394 g/mol. The number of para-hydroxylation sites is 1. The number of hydrogen-bond donors (Lipinski definition) is 3. The molecule has 31 heavy (non-hydrogen) atoms. The molecule has 1 aliphatic rings. The lowest BCUT2D eigenvalue weighted by Crippen LogP contribution is -3.13. The molecule has 3 rings (SSSR count). The zero-order chi connectivity index (χ0) is 22.2. The van der Waals surface area contributed by atoms with Gasteiger partial charge in [-0.05, 0) is 43.0 Å². The van der Waals surface area contributed by atoms with Gasteiger partial charge < -0.3 is 25.0 Å². The molecule has 0 saturated heterocycles. The molecule has 0 saturated carbocycles. The number of ether oxygens (including phenoxy) is 2. The number of amides is 2. The van der Waals surface area contributed by atoms with Crippen LogP contribution in [0.5, 0.6) is 11.5 Å². The van der Waals surface area contributed by atoms with Gasteiger partial charge in [-0.3, -0.25) is 9.59 Å². The van der Waals surface area contributed by atoms with Crippen molar-refractivity contribution >= 4 is 23.2 Å². The Hall–Kier alpha value is -3.06. The normalized spacial score (nSPS) is 14.4. The van der Waals surface area contributed by atoms with Crippen molar-refractivity contribution in [2.75, 3.05) is 43.5 Å². The van der Waals surface area contributed by atoms with E-state index in [1.54, 1.807) is 18.2 Å². The molecule has 0 spiro atoms. The second-order valence-corrected chi connectivity index (χ2v) is 7.81. The summed E-state index contributed by atoms with van der Waals surface area (Å²) in [6, 6.07) is 13.2. The van der Waals surface area contributed by atoms with Gasteiger partial charge in [0.25, 0.3) is 11.8 Å². The first-order valence-corrected chi connectivity index (χ1v) is 10.9. The van der Waals surface area contributed by atoms with Gasteiger partial charge >= 0.3 is 0 Å². The average Bonchev–Trinajstić information content (AvgIpc) is 2.78. The van der Waals surface area contributed by atoms with Crippen LogP contribution in [-0.4, -0.2) is 44.7 Å². The molecule has 1 aliphatic heterocycles. The fraction of sp³-hybridized carbons (Fsp3) is 0.417. The quantitative estimate of drug-likeness (QED) is 0.575. The number of quaternary nitrogens is 1. The summed E-state index contributed by atoms with van der Waals surface area (Å²) in [5, 5.41) is 5.91. The smallest absolute Gasteiger partial charge is 0.279 e. The molecule has 0 aliphatic carbocycles. The van der Waals surface area contributed by atoms with E-state index in [2.05, 4.69) is 30.5 Å². The van der Waals surface area contributed by atoms with Crippen molar-refractivity contribution in [2.24, 2.45) is 0 Å². The zero-order valence-electron chi connectivity index (χ0n) is 18.5. The lowest BCUT2D eigenvalue weighted by Gasteiger charge is -2.20. The molecule has 1 unspecified atom stereocenters. The van der Waals surface area contributed by atoms with E-state index in [9.17, 15) is 9.59 Å². The molecule has 0 bridgehead atoms. The van der Waals surface area contributed by atoms with Gasteiger partial charge in [-0.25, -0.2) is 0 Å². The maximum absolute atomic E-state index is 12.7. The number of rotatable bonds is 9. The van der Waals surface area contributed by atoms with E-state index >= 15 is 0 Å².